The molecule has 0 bridgehead atoms. The highest BCUT2D eigenvalue weighted by Gasteiger charge is 2.18. The lowest BCUT2D eigenvalue weighted by molar-refractivity contribution is 0.0703. The first-order chi connectivity index (χ1) is 12.6. The Morgan fingerprint density at radius 1 is 1.00 bits per heavy atom. The predicted octanol–water partition coefficient (Wildman–Crippen LogP) is 4.77. The molecule has 0 unspecified atom stereocenters. The minimum Gasteiger partial charge on any atom is -0.497 e. The smallest absolute Gasteiger partial charge is 0.348 e. The van der Waals surface area contributed by atoms with Crippen LogP contribution in [0, 0.1) is 0 Å². The van der Waals surface area contributed by atoms with Crippen molar-refractivity contribution in [2.24, 2.45) is 0 Å². The second kappa shape index (κ2) is 7.71. The van der Waals surface area contributed by atoms with Gasteiger partial charge in [0, 0.05) is 10.6 Å². The standard InChI is InChI=1S/C19H16N2O4S/c1-25-14-9-7-13(8-10-14)20-19(24)21-15-11-16(26-17(15)18(22)23)12-5-3-2-4-6-12/h2-11H,1H3,(H,22,23)(H2,20,21,24). The number of hydrogen-bond acceptors (Lipinski definition) is 4. The molecular weight excluding hydrogens is 352 g/mol. The van der Waals surface area contributed by atoms with E-state index in [0.717, 1.165) is 21.8 Å². The maximum absolute atomic E-state index is 12.2. The summed E-state index contributed by atoms with van der Waals surface area (Å²) in [5, 5.41) is 14.7. The van der Waals surface area contributed by atoms with Gasteiger partial charge in [-0.2, -0.15) is 0 Å². The van der Waals surface area contributed by atoms with Crippen molar-refractivity contribution in [2.75, 3.05) is 17.7 Å². The number of hydrogen-bond donors (Lipinski definition) is 3. The van der Waals surface area contributed by atoms with Crippen LogP contribution >= 0.6 is 11.3 Å². The number of ether oxygens (including phenoxy) is 1. The summed E-state index contributed by atoms with van der Waals surface area (Å²) in [6, 6.07) is 17.4. The van der Waals surface area contributed by atoms with Crippen molar-refractivity contribution in [2.45, 2.75) is 0 Å². The minimum atomic E-state index is -1.09. The van der Waals surface area contributed by atoms with Crippen molar-refractivity contribution in [1.82, 2.24) is 0 Å². The molecule has 2 amide bonds. The Kier molecular flexibility index (Phi) is 5.19. The Labute approximate surface area is 154 Å². The van der Waals surface area contributed by atoms with E-state index in [-0.39, 0.29) is 10.6 Å². The molecule has 0 aliphatic heterocycles. The highest BCUT2D eigenvalue weighted by Crippen LogP contribution is 2.34. The molecule has 26 heavy (non-hydrogen) atoms. The average Bonchev–Trinajstić information content (AvgIpc) is 3.07. The number of carbonyl (C=O) groups excluding carboxylic acids is 1. The van der Waals surface area contributed by atoms with E-state index in [1.54, 1.807) is 37.4 Å². The third kappa shape index (κ3) is 4.01. The molecule has 3 aromatic rings. The van der Waals surface area contributed by atoms with Crippen LogP contribution in [0.1, 0.15) is 9.67 Å². The molecule has 0 fully saturated rings. The van der Waals surface area contributed by atoms with Gasteiger partial charge < -0.3 is 20.5 Å². The molecule has 7 heteroatoms. The van der Waals surface area contributed by atoms with Crippen LogP contribution in [-0.2, 0) is 0 Å². The number of urea groups is 1. The van der Waals surface area contributed by atoms with Gasteiger partial charge in [0.15, 0.2) is 0 Å². The molecule has 3 N–H and O–H groups in total. The number of carbonyl (C=O) groups is 2. The zero-order valence-electron chi connectivity index (χ0n) is 13.9. The van der Waals surface area contributed by atoms with Crippen LogP contribution < -0.4 is 15.4 Å². The molecule has 0 radical (unpaired) electrons. The van der Waals surface area contributed by atoms with E-state index in [0.29, 0.717) is 11.4 Å². The molecule has 0 atom stereocenters. The van der Waals surface area contributed by atoms with Crippen LogP contribution in [0.5, 0.6) is 5.75 Å². The topological polar surface area (TPSA) is 87.7 Å². The quantitative estimate of drug-likeness (QED) is 0.605. The molecular formula is C19H16N2O4S. The number of carboxylic acid groups (broad SMARTS) is 1. The lowest BCUT2D eigenvalue weighted by Gasteiger charge is -2.08. The maximum Gasteiger partial charge on any atom is 0.348 e. The lowest BCUT2D eigenvalue weighted by Crippen LogP contribution is -2.20. The molecule has 1 aromatic heterocycles. The third-order valence-corrected chi connectivity index (χ3v) is 4.75. The largest absolute Gasteiger partial charge is 0.497 e. The van der Waals surface area contributed by atoms with E-state index >= 15 is 0 Å². The second-order valence-corrected chi connectivity index (χ2v) is 6.38. The molecule has 0 aliphatic rings. The second-order valence-electron chi connectivity index (χ2n) is 5.33. The Morgan fingerprint density at radius 2 is 1.69 bits per heavy atom. The van der Waals surface area contributed by atoms with E-state index < -0.39 is 12.0 Å². The Hall–Kier alpha value is -3.32. The SMILES string of the molecule is COc1ccc(NC(=O)Nc2cc(-c3ccccc3)sc2C(=O)O)cc1. The van der Waals surface area contributed by atoms with Crippen LogP contribution in [0.3, 0.4) is 0 Å². The van der Waals surface area contributed by atoms with Gasteiger partial charge in [0.2, 0.25) is 0 Å². The summed E-state index contributed by atoms with van der Waals surface area (Å²) in [5.74, 6) is -0.411. The van der Waals surface area contributed by atoms with Crippen molar-refractivity contribution in [3.05, 3.63) is 65.5 Å². The number of benzene rings is 2. The summed E-state index contributed by atoms with van der Waals surface area (Å²) in [6.45, 7) is 0. The third-order valence-electron chi connectivity index (χ3n) is 3.58. The number of aromatic carboxylic acids is 1. The van der Waals surface area contributed by atoms with Gasteiger partial charge in [-0.3, -0.25) is 0 Å². The number of methoxy groups -OCH3 is 1. The molecule has 1 heterocycles. The minimum absolute atomic E-state index is 0.0775. The molecule has 3 rings (SSSR count). The summed E-state index contributed by atoms with van der Waals surface area (Å²) in [5.41, 5.74) is 1.72. The van der Waals surface area contributed by atoms with E-state index in [9.17, 15) is 14.7 Å². The molecule has 0 saturated carbocycles. The number of anilines is 2. The van der Waals surface area contributed by atoms with Crippen LogP contribution in [-0.4, -0.2) is 24.2 Å². The summed E-state index contributed by atoms with van der Waals surface area (Å²) in [7, 11) is 1.56. The normalized spacial score (nSPS) is 10.2. The van der Waals surface area contributed by atoms with Crippen LogP contribution in [0.4, 0.5) is 16.2 Å². The van der Waals surface area contributed by atoms with Gasteiger partial charge in [-0.1, -0.05) is 30.3 Å². The van der Waals surface area contributed by atoms with Crippen molar-refractivity contribution >= 4 is 34.7 Å². The molecule has 2 aromatic carbocycles. The summed E-state index contributed by atoms with van der Waals surface area (Å²) in [4.78, 5) is 24.6. The summed E-state index contributed by atoms with van der Waals surface area (Å²) >= 11 is 1.12. The van der Waals surface area contributed by atoms with Gasteiger partial charge >= 0.3 is 12.0 Å². The number of amides is 2. The molecule has 0 aliphatic carbocycles. The van der Waals surface area contributed by atoms with Gasteiger partial charge in [0.25, 0.3) is 0 Å². The van der Waals surface area contributed by atoms with E-state index in [1.807, 2.05) is 30.3 Å². The highest BCUT2D eigenvalue weighted by molar-refractivity contribution is 7.18. The zero-order valence-corrected chi connectivity index (χ0v) is 14.7. The maximum atomic E-state index is 12.2. The first kappa shape index (κ1) is 17.5. The number of rotatable bonds is 5. The first-order valence-corrected chi connectivity index (χ1v) is 8.53. The highest BCUT2D eigenvalue weighted by atomic mass is 32.1. The van der Waals surface area contributed by atoms with Crippen LogP contribution in [0.25, 0.3) is 10.4 Å². The average molecular weight is 368 g/mol. The van der Waals surface area contributed by atoms with Crippen molar-refractivity contribution in [3.8, 4) is 16.2 Å². The first-order valence-electron chi connectivity index (χ1n) is 7.71. The van der Waals surface area contributed by atoms with Crippen LogP contribution in [0.2, 0.25) is 0 Å². The fraction of sp³-hybridized carbons (Fsp3) is 0.0526. The molecule has 0 spiro atoms. The Morgan fingerprint density at radius 3 is 2.31 bits per heavy atom. The fourth-order valence-electron chi connectivity index (χ4n) is 2.35. The van der Waals surface area contributed by atoms with Gasteiger partial charge in [0.1, 0.15) is 10.6 Å². The molecule has 0 saturated heterocycles. The van der Waals surface area contributed by atoms with Gasteiger partial charge in [-0.15, -0.1) is 11.3 Å². The van der Waals surface area contributed by atoms with Gasteiger partial charge in [-0.05, 0) is 35.9 Å². The van der Waals surface area contributed by atoms with Gasteiger partial charge in [0.05, 0.1) is 12.8 Å². The lowest BCUT2D eigenvalue weighted by atomic mass is 10.2. The zero-order chi connectivity index (χ0) is 18.5. The number of nitrogens with one attached hydrogen (secondary N) is 2. The van der Waals surface area contributed by atoms with Gasteiger partial charge in [-0.25, -0.2) is 9.59 Å². The summed E-state index contributed by atoms with van der Waals surface area (Å²) in [6.07, 6.45) is 0. The Bertz CT molecular complexity index is 920. The van der Waals surface area contributed by atoms with Crippen molar-refractivity contribution < 1.29 is 19.4 Å². The van der Waals surface area contributed by atoms with Crippen molar-refractivity contribution in [1.29, 1.82) is 0 Å². The van der Waals surface area contributed by atoms with E-state index in [1.165, 1.54) is 0 Å². The Balaban J connectivity index is 1.78. The van der Waals surface area contributed by atoms with Crippen molar-refractivity contribution in [3.63, 3.8) is 0 Å². The summed E-state index contributed by atoms with van der Waals surface area (Å²) < 4.78 is 5.06. The monoisotopic (exact) mass is 368 g/mol. The van der Waals surface area contributed by atoms with E-state index in [2.05, 4.69) is 10.6 Å². The number of carboxylic acids is 1. The van der Waals surface area contributed by atoms with E-state index in [4.69, 9.17) is 4.74 Å². The van der Waals surface area contributed by atoms with Crippen LogP contribution in [0.15, 0.2) is 60.7 Å². The molecule has 6 nitrogen and oxygen atoms in total. The number of thiophene rings is 1. The predicted molar refractivity (Wildman–Crippen MR) is 102 cm³/mol. The molecule has 132 valence electrons. The fourth-order valence-corrected chi connectivity index (χ4v) is 3.30.